The molecule has 2 aliphatic carbocycles. The summed E-state index contributed by atoms with van der Waals surface area (Å²) in [5.41, 5.74) is 0. The molecule has 4 nitrogen and oxygen atoms in total. The van der Waals surface area contributed by atoms with E-state index in [1.165, 1.54) is 32.1 Å². The molecule has 2 saturated carbocycles. The molecule has 0 bridgehead atoms. The standard InChI is InChI=1S/C17H28Cl2N2O2/c18-10-16(22)20-14-5-1-12(2-6-14)9-13-3-7-15(8-4-13)21-17(23)11-19/h12-15H,1-11H2,(H,20,22)(H,21,23). The second kappa shape index (κ2) is 9.73. The molecule has 0 aromatic heterocycles. The average molecular weight is 363 g/mol. The fourth-order valence-electron chi connectivity index (χ4n) is 4.09. The van der Waals surface area contributed by atoms with E-state index in [2.05, 4.69) is 10.6 Å². The van der Waals surface area contributed by atoms with E-state index in [-0.39, 0.29) is 23.6 Å². The van der Waals surface area contributed by atoms with Crippen LogP contribution in [0.25, 0.3) is 0 Å². The van der Waals surface area contributed by atoms with E-state index in [4.69, 9.17) is 23.2 Å². The van der Waals surface area contributed by atoms with Crippen LogP contribution in [0.3, 0.4) is 0 Å². The van der Waals surface area contributed by atoms with Crippen LogP contribution in [0.2, 0.25) is 0 Å². The number of hydrogen-bond donors (Lipinski definition) is 2. The fraction of sp³-hybridized carbons (Fsp3) is 0.882. The first-order valence-corrected chi connectivity index (χ1v) is 9.88. The lowest BCUT2D eigenvalue weighted by Gasteiger charge is -2.34. The normalized spacial score (nSPS) is 31.4. The Bertz CT molecular complexity index is 354. The predicted octanol–water partition coefficient (Wildman–Crippen LogP) is 3.20. The maximum atomic E-state index is 11.3. The van der Waals surface area contributed by atoms with Gasteiger partial charge in [0, 0.05) is 12.1 Å². The molecule has 0 aliphatic heterocycles. The van der Waals surface area contributed by atoms with Crippen LogP contribution in [0.4, 0.5) is 0 Å². The van der Waals surface area contributed by atoms with Gasteiger partial charge >= 0.3 is 0 Å². The minimum Gasteiger partial charge on any atom is -0.352 e. The lowest BCUT2D eigenvalue weighted by atomic mass is 9.75. The minimum absolute atomic E-state index is 0.0487. The first-order valence-electron chi connectivity index (χ1n) is 8.81. The Morgan fingerprint density at radius 2 is 1.04 bits per heavy atom. The highest BCUT2D eigenvalue weighted by Crippen LogP contribution is 2.35. The van der Waals surface area contributed by atoms with Gasteiger partial charge in [-0.3, -0.25) is 9.59 Å². The van der Waals surface area contributed by atoms with Crippen molar-refractivity contribution in [2.75, 3.05) is 11.8 Å². The Morgan fingerprint density at radius 3 is 1.35 bits per heavy atom. The summed E-state index contributed by atoms with van der Waals surface area (Å²) in [6.07, 6.45) is 10.4. The lowest BCUT2D eigenvalue weighted by Crippen LogP contribution is -2.39. The average Bonchev–Trinajstić information content (AvgIpc) is 2.58. The van der Waals surface area contributed by atoms with Crippen molar-refractivity contribution in [3.8, 4) is 0 Å². The SMILES string of the molecule is O=C(CCl)NC1CCC(CC2CCC(NC(=O)CCl)CC2)CC1. The van der Waals surface area contributed by atoms with Gasteiger partial charge in [0.2, 0.25) is 11.8 Å². The highest BCUT2D eigenvalue weighted by Gasteiger charge is 2.27. The minimum atomic E-state index is -0.0487. The van der Waals surface area contributed by atoms with E-state index >= 15 is 0 Å². The van der Waals surface area contributed by atoms with E-state index in [9.17, 15) is 9.59 Å². The zero-order chi connectivity index (χ0) is 16.7. The molecule has 0 aromatic carbocycles. The van der Waals surface area contributed by atoms with Gasteiger partial charge in [0.05, 0.1) is 0 Å². The third-order valence-electron chi connectivity index (χ3n) is 5.33. The van der Waals surface area contributed by atoms with E-state index in [0.717, 1.165) is 37.5 Å². The van der Waals surface area contributed by atoms with Gasteiger partial charge < -0.3 is 10.6 Å². The molecule has 2 N–H and O–H groups in total. The number of nitrogens with one attached hydrogen (secondary N) is 2. The quantitative estimate of drug-likeness (QED) is 0.712. The molecule has 2 aliphatic rings. The number of hydrogen-bond acceptors (Lipinski definition) is 2. The Kier molecular flexibility index (Phi) is 7.97. The molecule has 0 aromatic rings. The molecule has 132 valence electrons. The Morgan fingerprint density at radius 1 is 0.696 bits per heavy atom. The van der Waals surface area contributed by atoms with Crippen LogP contribution in [0.5, 0.6) is 0 Å². The Hall–Kier alpha value is -0.480. The van der Waals surface area contributed by atoms with Gasteiger partial charge in [-0.25, -0.2) is 0 Å². The maximum Gasteiger partial charge on any atom is 0.235 e. The third kappa shape index (κ3) is 6.50. The first-order chi connectivity index (χ1) is 11.1. The van der Waals surface area contributed by atoms with E-state index < -0.39 is 0 Å². The van der Waals surface area contributed by atoms with Crippen molar-refractivity contribution < 1.29 is 9.59 Å². The molecule has 2 rings (SSSR count). The summed E-state index contributed by atoms with van der Waals surface area (Å²) >= 11 is 11.1. The topological polar surface area (TPSA) is 58.2 Å². The molecule has 0 spiro atoms. The summed E-state index contributed by atoms with van der Waals surface area (Å²) in [7, 11) is 0. The van der Waals surface area contributed by atoms with Gasteiger partial charge in [0.1, 0.15) is 11.8 Å². The van der Waals surface area contributed by atoms with Crippen LogP contribution in [0.15, 0.2) is 0 Å². The van der Waals surface area contributed by atoms with Crippen molar-refractivity contribution in [3.05, 3.63) is 0 Å². The number of carbonyl (C=O) groups excluding carboxylic acids is 2. The lowest BCUT2D eigenvalue weighted by molar-refractivity contribution is -0.120. The number of carbonyl (C=O) groups is 2. The summed E-state index contributed by atoms with van der Waals surface area (Å²) in [6.45, 7) is 0. The third-order valence-corrected chi connectivity index (χ3v) is 5.82. The number of alkyl halides is 2. The molecule has 0 radical (unpaired) electrons. The van der Waals surface area contributed by atoms with Crippen molar-refractivity contribution in [3.63, 3.8) is 0 Å². The van der Waals surface area contributed by atoms with Crippen LogP contribution < -0.4 is 10.6 Å². The van der Waals surface area contributed by atoms with Gasteiger partial charge in [-0.15, -0.1) is 23.2 Å². The van der Waals surface area contributed by atoms with Crippen molar-refractivity contribution in [2.24, 2.45) is 11.8 Å². The van der Waals surface area contributed by atoms with Gasteiger partial charge in [0.15, 0.2) is 0 Å². The highest BCUT2D eigenvalue weighted by atomic mass is 35.5. The predicted molar refractivity (Wildman–Crippen MR) is 93.8 cm³/mol. The summed E-state index contributed by atoms with van der Waals surface area (Å²) in [5.74, 6) is 1.60. The van der Waals surface area contributed by atoms with Gasteiger partial charge in [-0.1, -0.05) is 0 Å². The highest BCUT2D eigenvalue weighted by molar-refractivity contribution is 6.27. The Labute approximate surface area is 149 Å². The molecule has 0 saturated heterocycles. The molecule has 2 amide bonds. The van der Waals surface area contributed by atoms with Crippen molar-refractivity contribution in [1.82, 2.24) is 10.6 Å². The van der Waals surface area contributed by atoms with Crippen LogP contribution in [0.1, 0.15) is 57.8 Å². The van der Waals surface area contributed by atoms with Crippen molar-refractivity contribution in [2.45, 2.75) is 69.9 Å². The maximum absolute atomic E-state index is 11.3. The van der Waals surface area contributed by atoms with Gasteiger partial charge in [0.25, 0.3) is 0 Å². The summed E-state index contributed by atoms with van der Waals surface area (Å²) in [6, 6.07) is 0.637. The van der Waals surface area contributed by atoms with Gasteiger partial charge in [-0.05, 0) is 69.6 Å². The summed E-state index contributed by atoms with van der Waals surface area (Å²) in [5, 5.41) is 6.00. The Balaban J connectivity index is 1.62. The molecule has 2 fully saturated rings. The van der Waals surface area contributed by atoms with Crippen LogP contribution >= 0.6 is 23.2 Å². The largest absolute Gasteiger partial charge is 0.352 e. The zero-order valence-electron chi connectivity index (χ0n) is 13.7. The monoisotopic (exact) mass is 362 g/mol. The van der Waals surface area contributed by atoms with E-state index in [1.54, 1.807) is 0 Å². The van der Waals surface area contributed by atoms with E-state index in [0.29, 0.717) is 12.1 Å². The second-order valence-electron chi connectivity index (χ2n) is 7.07. The number of rotatable bonds is 6. The molecular weight excluding hydrogens is 335 g/mol. The molecule has 0 unspecified atom stereocenters. The van der Waals surface area contributed by atoms with Crippen LogP contribution in [0, 0.1) is 11.8 Å². The molecule has 0 atom stereocenters. The number of amides is 2. The zero-order valence-corrected chi connectivity index (χ0v) is 15.2. The molecule has 0 heterocycles. The van der Waals surface area contributed by atoms with Crippen LogP contribution in [-0.4, -0.2) is 35.7 Å². The molecule has 6 heteroatoms. The number of halogens is 2. The summed E-state index contributed by atoms with van der Waals surface area (Å²) in [4.78, 5) is 22.7. The first kappa shape index (κ1) is 18.9. The summed E-state index contributed by atoms with van der Waals surface area (Å²) < 4.78 is 0. The van der Waals surface area contributed by atoms with Crippen molar-refractivity contribution in [1.29, 1.82) is 0 Å². The smallest absolute Gasteiger partial charge is 0.235 e. The van der Waals surface area contributed by atoms with Crippen molar-refractivity contribution >= 4 is 35.0 Å². The van der Waals surface area contributed by atoms with E-state index in [1.807, 2.05) is 0 Å². The van der Waals surface area contributed by atoms with Crippen LogP contribution in [-0.2, 0) is 9.59 Å². The fourth-order valence-corrected chi connectivity index (χ4v) is 4.24. The molecule has 23 heavy (non-hydrogen) atoms. The van der Waals surface area contributed by atoms with Gasteiger partial charge in [-0.2, -0.15) is 0 Å². The molecular formula is C17H28Cl2N2O2. The second-order valence-corrected chi connectivity index (χ2v) is 7.61.